The van der Waals surface area contributed by atoms with E-state index < -0.39 is 0 Å². The van der Waals surface area contributed by atoms with E-state index in [1.807, 2.05) is 72.8 Å². The second kappa shape index (κ2) is 12.2. The lowest BCUT2D eigenvalue weighted by Gasteiger charge is -2.11. The summed E-state index contributed by atoms with van der Waals surface area (Å²) < 4.78 is 6.47. The number of benzene rings is 7. The average molecular weight is 628 g/mol. The molecule has 0 fully saturated rings. The number of fused-ring (bicyclic) bond motifs is 3. The molecule has 0 atom stereocenters. The van der Waals surface area contributed by atoms with Crippen LogP contribution in [0.2, 0.25) is 0 Å². The maximum absolute atomic E-state index is 6.47. The first-order chi connectivity index (χ1) is 24.2. The van der Waals surface area contributed by atoms with Crippen LogP contribution in [0.5, 0.6) is 0 Å². The van der Waals surface area contributed by atoms with Gasteiger partial charge in [-0.05, 0) is 81.9 Å². The van der Waals surface area contributed by atoms with Gasteiger partial charge >= 0.3 is 0 Å². The summed E-state index contributed by atoms with van der Waals surface area (Å²) >= 11 is 0. The van der Waals surface area contributed by atoms with Crippen LogP contribution in [0, 0.1) is 0 Å². The van der Waals surface area contributed by atoms with Gasteiger partial charge in [0.05, 0.1) is 0 Å². The first-order valence-corrected chi connectivity index (χ1v) is 16.4. The largest absolute Gasteiger partial charge is 0.456 e. The third-order valence-corrected chi connectivity index (χ3v) is 8.91. The average Bonchev–Trinajstić information content (AvgIpc) is 3.56. The van der Waals surface area contributed by atoms with Crippen LogP contribution < -0.4 is 0 Å². The van der Waals surface area contributed by atoms with Crippen LogP contribution in [0.25, 0.3) is 89.5 Å². The quantitative estimate of drug-likeness (QED) is 0.184. The number of aromatic nitrogens is 3. The fraction of sp³-hybridized carbons (Fsp3) is 0. The summed E-state index contributed by atoms with van der Waals surface area (Å²) in [5.41, 5.74) is 11.4. The Kier molecular flexibility index (Phi) is 7.10. The van der Waals surface area contributed by atoms with Gasteiger partial charge in [0.25, 0.3) is 0 Å². The van der Waals surface area contributed by atoms with Crippen molar-refractivity contribution in [2.24, 2.45) is 0 Å². The summed E-state index contributed by atoms with van der Waals surface area (Å²) in [4.78, 5) is 14.7. The number of hydrogen-bond donors (Lipinski definition) is 0. The molecule has 2 heterocycles. The standard InChI is InChI=1S/C45H29N3O/c1-5-13-30(14-6-1)36-25-37(31-15-7-2-8-16-31)27-38(26-36)34-21-23-39-40-28-35(22-24-41(40)49-42(39)29-34)45-47-43(32-17-9-3-10-18-32)46-44(48-45)33-19-11-4-12-20-33/h1-29H. The van der Waals surface area contributed by atoms with E-state index in [9.17, 15) is 0 Å². The van der Waals surface area contributed by atoms with Crippen molar-refractivity contribution in [3.05, 3.63) is 176 Å². The molecule has 0 radical (unpaired) electrons. The molecule has 4 heteroatoms. The summed E-state index contributed by atoms with van der Waals surface area (Å²) in [6.07, 6.45) is 0. The van der Waals surface area contributed by atoms with E-state index in [-0.39, 0.29) is 0 Å². The number of rotatable bonds is 6. The van der Waals surface area contributed by atoms with Gasteiger partial charge in [-0.3, -0.25) is 0 Å². The Morgan fingerprint density at radius 1 is 0.265 bits per heavy atom. The molecule has 0 bridgehead atoms. The van der Waals surface area contributed by atoms with Crippen molar-refractivity contribution in [1.82, 2.24) is 15.0 Å². The van der Waals surface area contributed by atoms with Crippen LogP contribution in [0.4, 0.5) is 0 Å². The predicted molar refractivity (Wildman–Crippen MR) is 200 cm³/mol. The molecular formula is C45H29N3O. The van der Waals surface area contributed by atoms with E-state index in [0.717, 1.165) is 49.8 Å². The summed E-state index contributed by atoms with van der Waals surface area (Å²) in [5.74, 6) is 1.89. The van der Waals surface area contributed by atoms with Crippen molar-refractivity contribution < 1.29 is 4.42 Å². The normalized spacial score (nSPS) is 11.3. The number of hydrogen-bond acceptors (Lipinski definition) is 4. The van der Waals surface area contributed by atoms with Crippen LogP contribution in [0.3, 0.4) is 0 Å². The van der Waals surface area contributed by atoms with Gasteiger partial charge in [0.15, 0.2) is 17.5 Å². The zero-order valence-electron chi connectivity index (χ0n) is 26.5. The Morgan fingerprint density at radius 3 is 1.20 bits per heavy atom. The monoisotopic (exact) mass is 627 g/mol. The van der Waals surface area contributed by atoms with E-state index in [2.05, 4.69) is 103 Å². The maximum Gasteiger partial charge on any atom is 0.164 e. The minimum absolute atomic E-state index is 0.617. The number of nitrogens with zero attached hydrogens (tertiary/aromatic N) is 3. The van der Waals surface area contributed by atoms with Gasteiger partial charge in [-0.25, -0.2) is 15.0 Å². The van der Waals surface area contributed by atoms with Gasteiger partial charge < -0.3 is 4.42 Å². The highest BCUT2D eigenvalue weighted by Crippen LogP contribution is 2.37. The lowest BCUT2D eigenvalue weighted by molar-refractivity contribution is 0.669. The van der Waals surface area contributed by atoms with Gasteiger partial charge in [0, 0.05) is 27.5 Å². The highest BCUT2D eigenvalue weighted by molar-refractivity contribution is 6.07. The van der Waals surface area contributed by atoms with E-state index in [1.165, 1.54) is 22.3 Å². The van der Waals surface area contributed by atoms with Gasteiger partial charge in [0.2, 0.25) is 0 Å². The first kappa shape index (κ1) is 28.6. The maximum atomic E-state index is 6.47. The third kappa shape index (κ3) is 5.56. The molecule has 49 heavy (non-hydrogen) atoms. The Bertz CT molecular complexity index is 2460. The van der Waals surface area contributed by atoms with Crippen molar-refractivity contribution in [3.8, 4) is 67.5 Å². The topological polar surface area (TPSA) is 51.8 Å². The van der Waals surface area contributed by atoms with Gasteiger partial charge in [0.1, 0.15) is 11.2 Å². The predicted octanol–water partition coefficient (Wildman–Crippen LogP) is 11.8. The molecule has 2 aromatic heterocycles. The zero-order chi connectivity index (χ0) is 32.6. The van der Waals surface area contributed by atoms with E-state index in [1.54, 1.807) is 0 Å². The molecule has 9 rings (SSSR count). The van der Waals surface area contributed by atoms with Crippen molar-refractivity contribution in [2.75, 3.05) is 0 Å². The lowest BCUT2D eigenvalue weighted by Crippen LogP contribution is -2.00. The van der Waals surface area contributed by atoms with Crippen LogP contribution in [-0.4, -0.2) is 15.0 Å². The SMILES string of the molecule is c1ccc(-c2cc(-c3ccccc3)cc(-c3ccc4c(c3)oc3ccc(-c5nc(-c6ccccc6)nc(-c6ccccc6)n5)cc34)c2)cc1. The molecule has 0 aliphatic rings. The molecule has 0 aliphatic carbocycles. The van der Waals surface area contributed by atoms with Crippen molar-refractivity contribution in [2.45, 2.75) is 0 Å². The molecule has 0 saturated carbocycles. The summed E-state index contributed by atoms with van der Waals surface area (Å²) in [7, 11) is 0. The molecule has 4 nitrogen and oxygen atoms in total. The lowest BCUT2D eigenvalue weighted by atomic mass is 9.93. The first-order valence-electron chi connectivity index (χ1n) is 16.4. The van der Waals surface area contributed by atoms with Crippen LogP contribution in [-0.2, 0) is 0 Å². The molecule has 0 amide bonds. The van der Waals surface area contributed by atoms with E-state index >= 15 is 0 Å². The molecule has 0 N–H and O–H groups in total. The Balaban J connectivity index is 1.15. The van der Waals surface area contributed by atoms with Crippen molar-refractivity contribution >= 4 is 21.9 Å². The molecule has 0 unspecified atom stereocenters. The zero-order valence-corrected chi connectivity index (χ0v) is 26.5. The fourth-order valence-corrected chi connectivity index (χ4v) is 6.42. The number of furan rings is 1. The summed E-state index contributed by atoms with van der Waals surface area (Å²) in [5, 5.41) is 2.06. The summed E-state index contributed by atoms with van der Waals surface area (Å²) in [6, 6.07) is 60.6. The highest BCUT2D eigenvalue weighted by atomic mass is 16.3. The second-order valence-electron chi connectivity index (χ2n) is 12.1. The van der Waals surface area contributed by atoms with Gasteiger partial charge in [-0.15, -0.1) is 0 Å². The molecule has 0 spiro atoms. The Morgan fingerprint density at radius 2 is 0.694 bits per heavy atom. The Hall–Kier alpha value is -6.65. The molecular weight excluding hydrogens is 599 g/mol. The van der Waals surface area contributed by atoms with Crippen LogP contribution in [0.1, 0.15) is 0 Å². The van der Waals surface area contributed by atoms with E-state index in [0.29, 0.717) is 17.5 Å². The van der Waals surface area contributed by atoms with Crippen LogP contribution >= 0.6 is 0 Å². The smallest absolute Gasteiger partial charge is 0.164 e. The van der Waals surface area contributed by atoms with Crippen LogP contribution in [0.15, 0.2) is 180 Å². The second-order valence-corrected chi connectivity index (χ2v) is 12.1. The molecule has 0 aliphatic heterocycles. The minimum Gasteiger partial charge on any atom is -0.456 e. The van der Waals surface area contributed by atoms with Gasteiger partial charge in [-0.1, -0.05) is 127 Å². The van der Waals surface area contributed by atoms with E-state index in [4.69, 9.17) is 19.4 Å². The molecule has 9 aromatic rings. The Labute approximate surface area is 284 Å². The third-order valence-electron chi connectivity index (χ3n) is 8.91. The molecule has 0 saturated heterocycles. The molecule has 230 valence electrons. The van der Waals surface area contributed by atoms with Gasteiger partial charge in [-0.2, -0.15) is 0 Å². The minimum atomic E-state index is 0.617. The molecule has 7 aromatic carbocycles. The highest BCUT2D eigenvalue weighted by Gasteiger charge is 2.16. The fourth-order valence-electron chi connectivity index (χ4n) is 6.42. The van der Waals surface area contributed by atoms with Crippen molar-refractivity contribution in [3.63, 3.8) is 0 Å². The van der Waals surface area contributed by atoms with Crippen molar-refractivity contribution in [1.29, 1.82) is 0 Å². The summed E-state index contributed by atoms with van der Waals surface area (Å²) in [6.45, 7) is 0.